The van der Waals surface area contributed by atoms with Crippen molar-refractivity contribution in [2.24, 2.45) is 0 Å². The molecule has 1 saturated heterocycles. The standard InChI is InChI=1S/C23H23ClFN5O3S/c1-15-13-29(7-8-30(15)22(32)16-4-2-5-17(25)10-16)20-11-19(24)27-23(28-20)34-14-21(31)26-12-18-6-3-9-33-18/h2-6,9-11,15H,7-8,12-14H2,1H3,(H,26,31). The number of nitrogens with one attached hydrogen (secondary N) is 1. The van der Waals surface area contributed by atoms with Crippen LogP contribution in [0.5, 0.6) is 0 Å². The summed E-state index contributed by atoms with van der Waals surface area (Å²) in [4.78, 5) is 37.5. The van der Waals surface area contributed by atoms with Crippen LogP contribution in [0.1, 0.15) is 23.0 Å². The van der Waals surface area contributed by atoms with Gasteiger partial charge in [0.15, 0.2) is 5.16 Å². The van der Waals surface area contributed by atoms with Gasteiger partial charge in [-0.05, 0) is 37.3 Å². The summed E-state index contributed by atoms with van der Waals surface area (Å²) >= 11 is 7.41. The second-order valence-corrected chi connectivity index (χ2v) is 9.11. The molecule has 1 N–H and O–H groups in total. The van der Waals surface area contributed by atoms with E-state index in [0.717, 1.165) is 0 Å². The number of hydrogen-bond acceptors (Lipinski definition) is 7. The fourth-order valence-corrected chi connectivity index (χ4v) is 4.56. The van der Waals surface area contributed by atoms with Crippen molar-refractivity contribution in [2.45, 2.75) is 24.7 Å². The van der Waals surface area contributed by atoms with E-state index in [0.29, 0.717) is 48.5 Å². The highest BCUT2D eigenvalue weighted by molar-refractivity contribution is 7.99. The van der Waals surface area contributed by atoms with Gasteiger partial charge in [0.05, 0.1) is 18.6 Å². The third kappa shape index (κ3) is 6.06. The Morgan fingerprint density at radius 2 is 2.09 bits per heavy atom. The first-order chi connectivity index (χ1) is 16.4. The minimum absolute atomic E-state index is 0.123. The fourth-order valence-electron chi connectivity index (χ4n) is 3.65. The lowest BCUT2D eigenvalue weighted by Crippen LogP contribution is -2.54. The summed E-state index contributed by atoms with van der Waals surface area (Å²) in [7, 11) is 0. The molecule has 3 aromatic rings. The highest BCUT2D eigenvalue weighted by Crippen LogP contribution is 2.24. The molecule has 1 fully saturated rings. The maximum absolute atomic E-state index is 13.5. The maximum Gasteiger partial charge on any atom is 0.254 e. The molecule has 1 aliphatic rings. The van der Waals surface area contributed by atoms with Crippen LogP contribution in [0.2, 0.25) is 5.15 Å². The van der Waals surface area contributed by atoms with Crippen LogP contribution in [0.15, 0.2) is 58.3 Å². The van der Waals surface area contributed by atoms with Crippen LogP contribution in [0, 0.1) is 5.82 Å². The first-order valence-electron chi connectivity index (χ1n) is 10.7. The van der Waals surface area contributed by atoms with Crippen molar-refractivity contribution in [3.8, 4) is 0 Å². The van der Waals surface area contributed by atoms with E-state index in [1.807, 2.05) is 11.8 Å². The van der Waals surface area contributed by atoms with E-state index in [-0.39, 0.29) is 28.8 Å². The van der Waals surface area contributed by atoms with E-state index < -0.39 is 5.82 Å². The highest BCUT2D eigenvalue weighted by atomic mass is 35.5. The number of aromatic nitrogens is 2. The number of amides is 2. The molecule has 4 rings (SSSR count). The monoisotopic (exact) mass is 503 g/mol. The van der Waals surface area contributed by atoms with Crippen molar-refractivity contribution in [1.82, 2.24) is 20.2 Å². The van der Waals surface area contributed by atoms with E-state index in [1.54, 1.807) is 35.4 Å². The molecule has 8 nitrogen and oxygen atoms in total. The van der Waals surface area contributed by atoms with Gasteiger partial charge in [-0.2, -0.15) is 0 Å². The van der Waals surface area contributed by atoms with Gasteiger partial charge >= 0.3 is 0 Å². The van der Waals surface area contributed by atoms with Crippen molar-refractivity contribution < 1.29 is 18.4 Å². The number of piperazine rings is 1. The van der Waals surface area contributed by atoms with Crippen LogP contribution in [0.4, 0.5) is 10.2 Å². The summed E-state index contributed by atoms with van der Waals surface area (Å²) in [6.07, 6.45) is 1.55. The number of carbonyl (C=O) groups excluding carboxylic acids is 2. The van der Waals surface area contributed by atoms with Gasteiger partial charge in [-0.25, -0.2) is 14.4 Å². The average Bonchev–Trinajstić information content (AvgIpc) is 3.34. The quantitative estimate of drug-likeness (QED) is 0.299. The fraction of sp³-hybridized carbons (Fsp3) is 0.304. The molecule has 1 atom stereocenters. The Bertz CT molecular complexity index is 1160. The Morgan fingerprint density at radius 3 is 2.82 bits per heavy atom. The van der Waals surface area contributed by atoms with Gasteiger partial charge in [-0.1, -0.05) is 29.4 Å². The predicted octanol–water partition coefficient (Wildman–Crippen LogP) is 3.62. The summed E-state index contributed by atoms with van der Waals surface area (Å²) in [5.74, 6) is 0.612. The van der Waals surface area contributed by atoms with Crippen LogP contribution >= 0.6 is 23.4 Å². The summed E-state index contributed by atoms with van der Waals surface area (Å²) in [5.41, 5.74) is 0.328. The SMILES string of the molecule is CC1CN(c2cc(Cl)nc(SCC(=O)NCc3ccco3)n2)CCN1C(=O)c1cccc(F)c1. The average molecular weight is 504 g/mol. The molecule has 1 aromatic carbocycles. The number of anilines is 1. The molecule has 2 amide bonds. The Kier molecular flexibility index (Phi) is 7.69. The van der Waals surface area contributed by atoms with Crippen LogP contribution in [-0.2, 0) is 11.3 Å². The molecule has 1 unspecified atom stereocenters. The zero-order chi connectivity index (χ0) is 24.1. The number of thioether (sulfide) groups is 1. The van der Waals surface area contributed by atoms with E-state index in [1.165, 1.54) is 30.0 Å². The zero-order valence-corrected chi connectivity index (χ0v) is 20.0. The molecule has 0 radical (unpaired) electrons. The Morgan fingerprint density at radius 1 is 1.24 bits per heavy atom. The van der Waals surface area contributed by atoms with Crippen LogP contribution in [0.25, 0.3) is 0 Å². The lowest BCUT2D eigenvalue weighted by Gasteiger charge is -2.40. The molecule has 0 saturated carbocycles. The van der Waals surface area contributed by atoms with Crippen molar-refractivity contribution in [3.63, 3.8) is 0 Å². The first-order valence-corrected chi connectivity index (χ1v) is 12.0. The number of benzene rings is 1. The van der Waals surface area contributed by atoms with Crippen molar-refractivity contribution >= 4 is 41.0 Å². The summed E-state index contributed by atoms with van der Waals surface area (Å²) in [6, 6.07) is 10.8. The number of carbonyl (C=O) groups is 2. The van der Waals surface area contributed by atoms with Crippen molar-refractivity contribution in [2.75, 3.05) is 30.3 Å². The van der Waals surface area contributed by atoms with E-state index in [4.69, 9.17) is 16.0 Å². The molecule has 3 heterocycles. The normalized spacial score (nSPS) is 15.9. The maximum atomic E-state index is 13.5. The van der Waals surface area contributed by atoms with E-state index >= 15 is 0 Å². The molecule has 2 aromatic heterocycles. The van der Waals surface area contributed by atoms with Crippen molar-refractivity contribution in [1.29, 1.82) is 0 Å². The zero-order valence-electron chi connectivity index (χ0n) is 18.4. The topological polar surface area (TPSA) is 91.6 Å². The minimum atomic E-state index is -0.438. The Hall–Kier alpha value is -3.11. The van der Waals surface area contributed by atoms with E-state index in [2.05, 4.69) is 15.3 Å². The van der Waals surface area contributed by atoms with Crippen LogP contribution in [-0.4, -0.2) is 58.1 Å². The van der Waals surface area contributed by atoms with Gasteiger partial charge in [0.25, 0.3) is 5.91 Å². The third-order valence-corrected chi connectivity index (χ3v) is 6.36. The molecular weight excluding hydrogens is 481 g/mol. The van der Waals surface area contributed by atoms with E-state index in [9.17, 15) is 14.0 Å². The number of hydrogen-bond donors (Lipinski definition) is 1. The minimum Gasteiger partial charge on any atom is -0.467 e. The van der Waals surface area contributed by atoms with Gasteiger partial charge in [0.2, 0.25) is 5.91 Å². The number of furan rings is 1. The number of rotatable bonds is 7. The van der Waals surface area contributed by atoms with Crippen LogP contribution < -0.4 is 10.2 Å². The summed E-state index contributed by atoms with van der Waals surface area (Å²) < 4.78 is 18.7. The van der Waals surface area contributed by atoms with Gasteiger partial charge in [-0.15, -0.1) is 0 Å². The van der Waals surface area contributed by atoms with Gasteiger partial charge in [-0.3, -0.25) is 9.59 Å². The molecule has 0 bridgehead atoms. The van der Waals surface area contributed by atoms with Crippen molar-refractivity contribution in [3.05, 3.63) is 71.0 Å². The Balaban J connectivity index is 1.35. The molecule has 1 aliphatic heterocycles. The predicted molar refractivity (Wildman–Crippen MR) is 127 cm³/mol. The molecular formula is C23H23ClFN5O3S. The molecule has 34 heavy (non-hydrogen) atoms. The molecule has 0 spiro atoms. The smallest absolute Gasteiger partial charge is 0.254 e. The van der Waals surface area contributed by atoms with Gasteiger partial charge in [0.1, 0.15) is 22.5 Å². The number of nitrogens with zero attached hydrogens (tertiary/aromatic N) is 4. The highest BCUT2D eigenvalue weighted by Gasteiger charge is 2.29. The van der Waals surface area contributed by atoms with Crippen LogP contribution in [0.3, 0.4) is 0 Å². The second kappa shape index (κ2) is 10.9. The second-order valence-electron chi connectivity index (χ2n) is 7.78. The number of halogens is 2. The molecule has 178 valence electrons. The van der Waals surface area contributed by atoms with Gasteiger partial charge < -0.3 is 19.5 Å². The van der Waals surface area contributed by atoms with Gasteiger partial charge in [0, 0.05) is 37.3 Å². The molecule has 0 aliphatic carbocycles. The lowest BCUT2D eigenvalue weighted by atomic mass is 10.1. The first kappa shape index (κ1) is 24.0. The lowest BCUT2D eigenvalue weighted by molar-refractivity contribution is -0.118. The summed E-state index contributed by atoms with van der Waals surface area (Å²) in [6.45, 7) is 3.76. The summed E-state index contributed by atoms with van der Waals surface area (Å²) in [5, 5.41) is 3.44. The largest absolute Gasteiger partial charge is 0.467 e. The third-order valence-electron chi connectivity index (χ3n) is 5.32. The Labute approximate surface area is 205 Å². The molecule has 11 heteroatoms.